The van der Waals surface area contributed by atoms with Crippen molar-refractivity contribution in [1.29, 1.82) is 0 Å². The van der Waals surface area contributed by atoms with Crippen LogP contribution in [0.1, 0.15) is 44.2 Å². The van der Waals surface area contributed by atoms with Crippen molar-refractivity contribution in [3.63, 3.8) is 0 Å². The summed E-state index contributed by atoms with van der Waals surface area (Å²) >= 11 is 0. The molecule has 0 saturated heterocycles. The molecule has 0 amide bonds. The molecular formula is C15H23NO. The molecule has 0 unspecified atom stereocenters. The number of ketones is 1. The number of Topliss-reactive ketones (excluding diaryl/α,β-unsaturated/α-hetero) is 1. The second-order valence-electron chi connectivity index (χ2n) is 4.99. The fourth-order valence-electron chi connectivity index (χ4n) is 1.95. The predicted octanol–water partition coefficient (Wildman–Crippen LogP) is 2.92. The van der Waals surface area contributed by atoms with E-state index in [4.69, 9.17) is 0 Å². The maximum Gasteiger partial charge on any atom is 0.131 e. The van der Waals surface area contributed by atoms with Crippen molar-refractivity contribution in [3.05, 3.63) is 35.4 Å². The minimum absolute atomic E-state index is 0.239. The van der Waals surface area contributed by atoms with E-state index in [2.05, 4.69) is 43.4 Å². The van der Waals surface area contributed by atoms with Crippen LogP contribution in [0.2, 0.25) is 0 Å². The second-order valence-corrected chi connectivity index (χ2v) is 4.99. The van der Waals surface area contributed by atoms with E-state index < -0.39 is 0 Å². The Balaban J connectivity index is 2.64. The Kier molecular flexibility index (Phi) is 5.36. The maximum atomic E-state index is 11.1. The zero-order chi connectivity index (χ0) is 12.8. The lowest BCUT2D eigenvalue weighted by Crippen LogP contribution is -2.29. The lowest BCUT2D eigenvalue weighted by Gasteiger charge is -2.15. The highest BCUT2D eigenvalue weighted by molar-refractivity contribution is 5.76. The molecule has 1 aromatic rings. The average Bonchev–Trinajstić information content (AvgIpc) is 2.28. The summed E-state index contributed by atoms with van der Waals surface area (Å²) in [4.78, 5) is 11.1. The molecule has 2 nitrogen and oxygen atoms in total. The molecule has 0 fully saturated rings. The fraction of sp³-hybridized carbons (Fsp3) is 0.533. The van der Waals surface area contributed by atoms with Gasteiger partial charge >= 0.3 is 0 Å². The van der Waals surface area contributed by atoms with Gasteiger partial charge in [-0.2, -0.15) is 0 Å². The molecule has 1 N–H and O–H groups in total. The maximum absolute atomic E-state index is 11.1. The highest BCUT2D eigenvalue weighted by atomic mass is 16.1. The van der Waals surface area contributed by atoms with Gasteiger partial charge in [-0.1, -0.05) is 38.1 Å². The molecule has 0 aliphatic rings. The van der Waals surface area contributed by atoms with Gasteiger partial charge in [-0.3, -0.25) is 4.79 Å². The van der Waals surface area contributed by atoms with Gasteiger partial charge in [-0.15, -0.1) is 0 Å². The minimum atomic E-state index is 0.239. The highest BCUT2D eigenvalue weighted by Gasteiger charge is 2.09. The molecule has 0 aromatic heterocycles. The van der Waals surface area contributed by atoms with Gasteiger partial charge in [0.2, 0.25) is 0 Å². The second kappa shape index (κ2) is 6.55. The summed E-state index contributed by atoms with van der Waals surface area (Å²) < 4.78 is 0. The van der Waals surface area contributed by atoms with Crippen LogP contribution in [0.25, 0.3) is 0 Å². The Morgan fingerprint density at radius 3 is 2.24 bits per heavy atom. The minimum Gasteiger partial charge on any atom is -0.316 e. The number of hydrogen-bond acceptors (Lipinski definition) is 2. The number of rotatable bonds is 6. The molecule has 1 rings (SSSR count). The fourth-order valence-corrected chi connectivity index (χ4v) is 1.95. The molecule has 0 aliphatic carbocycles. The van der Waals surface area contributed by atoms with Crippen molar-refractivity contribution < 1.29 is 4.79 Å². The van der Waals surface area contributed by atoms with Gasteiger partial charge < -0.3 is 5.32 Å². The Labute approximate surface area is 104 Å². The third kappa shape index (κ3) is 4.70. The van der Waals surface area contributed by atoms with Crippen LogP contribution in [0.5, 0.6) is 0 Å². The normalized spacial score (nSPS) is 12.8. The van der Waals surface area contributed by atoms with Gasteiger partial charge in [0.1, 0.15) is 5.78 Å². The molecule has 0 aliphatic heterocycles. The zero-order valence-corrected chi connectivity index (χ0v) is 11.3. The lowest BCUT2D eigenvalue weighted by atomic mass is 9.97. The van der Waals surface area contributed by atoms with E-state index in [0.717, 1.165) is 6.42 Å². The van der Waals surface area contributed by atoms with Gasteiger partial charge in [-0.05, 0) is 37.4 Å². The number of hydrogen-bond donors (Lipinski definition) is 1. The summed E-state index contributed by atoms with van der Waals surface area (Å²) in [5, 5.41) is 3.20. The SMILES string of the molecule is CN[C@H](CC(C)=O)Cc1ccc(C(C)C)cc1. The monoisotopic (exact) mass is 233 g/mol. The summed E-state index contributed by atoms with van der Waals surface area (Å²) in [6.45, 7) is 6.04. The number of benzene rings is 1. The zero-order valence-electron chi connectivity index (χ0n) is 11.3. The molecule has 0 heterocycles. The molecular weight excluding hydrogens is 210 g/mol. The number of nitrogens with one attached hydrogen (secondary N) is 1. The van der Waals surface area contributed by atoms with E-state index in [1.807, 2.05) is 7.05 Å². The molecule has 0 spiro atoms. The molecule has 17 heavy (non-hydrogen) atoms. The van der Waals surface area contributed by atoms with Crippen molar-refractivity contribution in [2.24, 2.45) is 0 Å². The van der Waals surface area contributed by atoms with E-state index in [9.17, 15) is 4.79 Å². The van der Waals surface area contributed by atoms with E-state index in [-0.39, 0.29) is 11.8 Å². The van der Waals surface area contributed by atoms with Crippen LogP contribution < -0.4 is 5.32 Å². The summed E-state index contributed by atoms with van der Waals surface area (Å²) in [7, 11) is 1.91. The summed E-state index contributed by atoms with van der Waals surface area (Å²) in [5.41, 5.74) is 2.65. The van der Waals surface area contributed by atoms with Crippen LogP contribution in [0.3, 0.4) is 0 Å². The van der Waals surface area contributed by atoms with Crippen molar-refractivity contribution in [3.8, 4) is 0 Å². The topological polar surface area (TPSA) is 29.1 Å². The molecule has 1 aromatic carbocycles. The van der Waals surface area contributed by atoms with Crippen LogP contribution in [-0.4, -0.2) is 18.9 Å². The van der Waals surface area contributed by atoms with Crippen LogP contribution >= 0.6 is 0 Å². The standard InChI is InChI=1S/C15H23NO/c1-11(2)14-7-5-13(6-8-14)10-15(16-4)9-12(3)17/h5-8,11,15-16H,9-10H2,1-4H3/t15-/m1/s1. The summed E-state index contributed by atoms with van der Waals surface area (Å²) in [5.74, 6) is 0.810. The Hall–Kier alpha value is -1.15. The van der Waals surface area contributed by atoms with Gasteiger partial charge in [0.05, 0.1) is 0 Å². The quantitative estimate of drug-likeness (QED) is 0.818. The van der Waals surface area contributed by atoms with Crippen molar-refractivity contribution in [2.75, 3.05) is 7.05 Å². The predicted molar refractivity (Wildman–Crippen MR) is 72.4 cm³/mol. The third-order valence-electron chi connectivity index (χ3n) is 3.07. The smallest absolute Gasteiger partial charge is 0.131 e. The van der Waals surface area contributed by atoms with Crippen LogP contribution in [0, 0.1) is 0 Å². The first-order valence-electron chi connectivity index (χ1n) is 6.28. The first kappa shape index (κ1) is 13.9. The Morgan fingerprint density at radius 2 is 1.82 bits per heavy atom. The van der Waals surface area contributed by atoms with Crippen LogP contribution in [-0.2, 0) is 11.2 Å². The van der Waals surface area contributed by atoms with E-state index >= 15 is 0 Å². The van der Waals surface area contributed by atoms with Gasteiger partial charge in [0.15, 0.2) is 0 Å². The van der Waals surface area contributed by atoms with E-state index in [1.165, 1.54) is 11.1 Å². The van der Waals surface area contributed by atoms with E-state index in [0.29, 0.717) is 12.3 Å². The van der Waals surface area contributed by atoms with E-state index in [1.54, 1.807) is 6.92 Å². The number of carbonyl (C=O) groups excluding carboxylic acids is 1. The molecule has 0 bridgehead atoms. The molecule has 0 radical (unpaired) electrons. The first-order valence-corrected chi connectivity index (χ1v) is 6.28. The van der Waals surface area contributed by atoms with Gasteiger partial charge in [0, 0.05) is 12.5 Å². The van der Waals surface area contributed by atoms with Crippen molar-refractivity contribution in [2.45, 2.75) is 45.6 Å². The molecule has 0 saturated carbocycles. The molecule has 2 heteroatoms. The van der Waals surface area contributed by atoms with Crippen LogP contribution in [0.4, 0.5) is 0 Å². The largest absolute Gasteiger partial charge is 0.316 e. The van der Waals surface area contributed by atoms with Crippen molar-refractivity contribution in [1.82, 2.24) is 5.32 Å². The van der Waals surface area contributed by atoms with Gasteiger partial charge in [-0.25, -0.2) is 0 Å². The molecule has 1 atom stereocenters. The number of likely N-dealkylation sites (N-methyl/N-ethyl adjacent to an activating group) is 1. The summed E-state index contributed by atoms with van der Waals surface area (Å²) in [6.07, 6.45) is 1.51. The highest BCUT2D eigenvalue weighted by Crippen LogP contribution is 2.15. The van der Waals surface area contributed by atoms with Gasteiger partial charge in [0.25, 0.3) is 0 Å². The first-order chi connectivity index (χ1) is 8.02. The van der Waals surface area contributed by atoms with Crippen molar-refractivity contribution >= 4 is 5.78 Å². The lowest BCUT2D eigenvalue weighted by molar-refractivity contribution is -0.117. The Bertz CT molecular complexity index is 354. The number of carbonyl (C=O) groups is 1. The third-order valence-corrected chi connectivity index (χ3v) is 3.07. The molecule has 94 valence electrons. The van der Waals surface area contributed by atoms with Crippen LogP contribution in [0.15, 0.2) is 24.3 Å². The Morgan fingerprint density at radius 1 is 1.24 bits per heavy atom. The summed E-state index contributed by atoms with van der Waals surface area (Å²) in [6, 6.07) is 8.94. The average molecular weight is 233 g/mol.